The maximum absolute atomic E-state index is 10.0. The van der Waals surface area contributed by atoms with Gasteiger partial charge in [-0.15, -0.1) is 12.4 Å². The maximum atomic E-state index is 10.0. The van der Waals surface area contributed by atoms with Crippen molar-refractivity contribution in [3.8, 4) is 5.75 Å². The predicted molar refractivity (Wildman–Crippen MR) is 78.5 cm³/mol. The molecule has 1 aliphatic heterocycles. The van der Waals surface area contributed by atoms with E-state index in [1.807, 2.05) is 0 Å². The summed E-state index contributed by atoms with van der Waals surface area (Å²) in [4.78, 5) is 0. The molecule has 0 radical (unpaired) electrons. The van der Waals surface area contributed by atoms with Crippen LogP contribution in [-0.4, -0.2) is 18.3 Å². The number of phenols is 1. The summed E-state index contributed by atoms with van der Waals surface area (Å²) >= 11 is 9.26. The van der Waals surface area contributed by atoms with Gasteiger partial charge >= 0.3 is 0 Å². The zero-order valence-corrected chi connectivity index (χ0v) is 12.9. The summed E-state index contributed by atoms with van der Waals surface area (Å²) in [7, 11) is 0. The first-order chi connectivity index (χ1) is 8.09. The van der Waals surface area contributed by atoms with E-state index in [0.717, 1.165) is 26.1 Å². The Morgan fingerprint density at radius 1 is 1.39 bits per heavy atom. The Bertz CT molecular complexity index is 411. The number of aromatic hydroxyl groups is 1. The molecular weight excluding hydrogens is 341 g/mol. The summed E-state index contributed by atoms with van der Waals surface area (Å²) in [5.74, 6) is 0.522. The normalized spacial score (nSPS) is 18.2. The molecule has 1 aromatic carbocycles. The minimum absolute atomic E-state index is 0. The van der Waals surface area contributed by atoms with Crippen molar-refractivity contribution in [1.29, 1.82) is 0 Å². The minimum Gasteiger partial charge on any atom is -0.506 e. The molecule has 1 saturated heterocycles. The van der Waals surface area contributed by atoms with Crippen LogP contribution in [0.1, 0.15) is 24.4 Å². The molecule has 0 aliphatic carbocycles. The van der Waals surface area contributed by atoms with Gasteiger partial charge in [0.15, 0.2) is 0 Å². The molecule has 6 heteroatoms. The van der Waals surface area contributed by atoms with Gasteiger partial charge in [-0.2, -0.15) is 0 Å². The van der Waals surface area contributed by atoms with Crippen molar-refractivity contribution in [2.24, 2.45) is 11.7 Å². The molecule has 2 rings (SSSR count). The number of hydrogen-bond donors (Lipinski definition) is 2. The van der Waals surface area contributed by atoms with Gasteiger partial charge < -0.3 is 15.6 Å². The molecular formula is C12H16BrCl2NO2. The van der Waals surface area contributed by atoms with E-state index in [1.54, 1.807) is 12.1 Å². The van der Waals surface area contributed by atoms with Crippen molar-refractivity contribution in [2.45, 2.75) is 18.9 Å². The van der Waals surface area contributed by atoms with Crippen LogP contribution in [0.3, 0.4) is 0 Å². The Morgan fingerprint density at radius 3 is 2.61 bits per heavy atom. The Labute approximate surface area is 126 Å². The van der Waals surface area contributed by atoms with E-state index >= 15 is 0 Å². The molecule has 1 aromatic rings. The lowest BCUT2D eigenvalue weighted by Gasteiger charge is -2.28. The van der Waals surface area contributed by atoms with Crippen LogP contribution >= 0.6 is 39.9 Å². The number of rotatable bonds is 2. The van der Waals surface area contributed by atoms with Gasteiger partial charge in [0.25, 0.3) is 0 Å². The highest BCUT2D eigenvalue weighted by atomic mass is 79.9. The van der Waals surface area contributed by atoms with Crippen molar-refractivity contribution in [3.63, 3.8) is 0 Å². The predicted octanol–water partition coefficient (Wildman–Crippen LogP) is 3.66. The number of nitrogens with two attached hydrogens (primary N) is 1. The molecule has 1 atom stereocenters. The van der Waals surface area contributed by atoms with E-state index in [0.29, 0.717) is 21.0 Å². The summed E-state index contributed by atoms with van der Waals surface area (Å²) in [5, 5.41) is 10.6. The van der Waals surface area contributed by atoms with E-state index in [9.17, 15) is 5.11 Å². The van der Waals surface area contributed by atoms with Crippen LogP contribution in [0.15, 0.2) is 16.6 Å². The number of ether oxygens (including phenoxy) is 1. The zero-order valence-electron chi connectivity index (χ0n) is 9.73. The molecule has 1 aliphatic rings. The van der Waals surface area contributed by atoms with Gasteiger partial charge in [0.05, 0.1) is 4.47 Å². The van der Waals surface area contributed by atoms with E-state index < -0.39 is 0 Å². The van der Waals surface area contributed by atoms with Crippen LogP contribution in [-0.2, 0) is 4.74 Å². The third-order valence-electron chi connectivity index (χ3n) is 3.19. The van der Waals surface area contributed by atoms with E-state index in [1.165, 1.54) is 0 Å². The summed E-state index contributed by atoms with van der Waals surface area (Å²) in [5.41, 5.74) is 6.92. The molecule has 0 spiro atoms. The standard InChI is InChI=1S/C12H15BrClNO2.ClH/c13-10-6-8(14)5-9(12(10)16)11(15)7-1-3-17-4-2-7;/h5-7,11,16H,1-4,15H2;1H/t11-;/m0./s1. The second-order valence-electron chi connectivity index (χ2n) is 4.30. The van der Waals surface area contributed by atoms with Crippen LogP contribution in [0.2, 0.25) is 5.02 Å². The molecule has 1 heterocycles. The monoisotopic (exact) mass is 355 g/mol. The van der Waals surface area contributed by atoms with Crippen LogP contribution < -0.4 is 5.73 Å². The smallest absolute Gasteiger partial charge is 0.134 e. The Kier molecular flexibility index (Phi) is 6.21. The average molecular weight is 357 g/mol. The molecule has 3 N–H and O–H groups in total. The fourth-order valence-electron chi connectivity index (χ4n) is 2.17. The molecule has 0 aromatic heterocycles. The lowest BCUT2D eigenvalue weighted by molar-refractivity contribution is 0.0581. The third-order valence-corrected chi connectivity index (χ3v) is 4.01. The lowest BCUT2D eigenvalue weighted by Crippen LogP contribution is -2.27. The van der Waals surface area contributed by atoms with Gasteiger partial charge in [0.1, 0.15) is 5.75 Å². The number of phenolic OH excluding ortho intramolecular Hbond substituents is 1. The molecule has 102 valence electrons. The minimum atomic E-state index is -0.200. The highest BCUT2D eigenvalue weighted by Crippen LogP contribution is 2.38. The first kappa shape index (κ1) is 16.1. The van der Waals surface area contributed by atoms with Crippen LogP contribution in [0.4, 0.5) is 0 Å². The van der Waals surface area contributed by atoms with Gasteiger partial charge in [-0.25, -0.2) is 0 Å². The number of hydrogen-bond acceptors (Lipinski definition) is 3. The second-order valence-corrected chi connectivity index (χ2v) is 5.59. The van der Waals surface area contributed by atoms with Crippen molar-refractivity contribution in [2.75, 3.05) is 13.2 Å². The highest BCUT2D eigenvalue weighted by Gasteiger charge is 2.25. The van der Waals surface area contributed by atoms with E-state index in [-0.39, 0.29) is 24.2 Å². The van der Waals surface area contributed by atoms with Crippen LogP contribution in [0, 0.1) is 5.92 Å². The summed E-state index contributed by atoms with van der Waals surface area (Å²) in [6, 6.07) is 3.20. The van der Waals surface area contributed by atoms with Crippen LogP contribution in [0.5, 0.6) is 5.75 Å². The fraction of sp³-hybridized carbons (Fsp3) is 0.500. The summed E-state index contributed by atoms with van der Waals surface area (Å²) < 4.78 is 5.90. The van der Waals surface area contributed by atoms with Crippen molar-refractivity contribution < 1.29 is 9.84 Å². The maximum Gasteiger partial charge on any atom is 0.134 e. The number of benzene rings is 1. The topological polar surface area (TPSA) is 55.5 Å². The Morgan fingerprint density at radius 2 is 2.00 bits per heavy atom. The molecule has 1 fully saturated rings. The van der Waals surface area contributed by atoms with Gasteiger partial charge in [-0.3, -0.25) is 0 Å². The molecule has 0 unspecified atom stereocenters. The van der Waals surface area contributed by atoms with E-state index in [2.05, 4.69) is 15.9 Å². The molecule has 0 saturated carbocycles. The fourth-order valence-corrected chi connectivity index (χ4v) is 3.00. The average Bonchev–Trinajstić information content (AvgIpc) is 2.34. The highest BCUT2D eigenvalue weighted by molar-refractivity contribution is 9.10. The molecule has 3 nitrogen and oxygen atoms in total. The van der Waals surface area contributed by atoms with Crippen molar-refractivity contribution in [3.05, 3.63) is 27.2 Å². The van der Waals surface area contributed by atoms with E-state index in [4.69, 9.17) is 22.1 Å². The van der Waals surface area contributed by atoms with Crippen molar-refractivity contribution in [1.82, 2.24) is 0 Å². The van der Waals surface area contributed by atoms with Crippen molar-refractivity contribution >= 4 is 39.9 Å². The quantitative estimate of drug-likeness (QED) is 0.850. The van der Waals surface area contributed by atoms with Gasteiger partial charge in [0, 0.05) is 29.8 Å². The molecule has 18 heavy (non-hydrogen) atoms. The summed E-state index contributed by atoms with van der Waals surface area (Å²) in [6.07, 6.45) is 1.84. The second kappa shape index (κ2) is 6.96. The van der Waals surface area contributed by atoms with Gasteiger partial charge in [0.2, 0.25) is 0 Å². The molecule has 0 amide bonds. The zero-order chi connectivity index (χ0) is 12.4. The van der Waals surface area contributed by atoms with Gasteiger partial charge in [-0.05, 0) is 46.8 Å². The number of halogens is 3. The lowest BCUT2D eigenvalue weighted by atomic mass is 9.87. The molecule has 0 bridgehead atoms. The third kappa shape index (κ3) is 3.52. The Balaban J connectivity index is 0.00000162. The van der Waals surface area contributed by atoms with Crippen LogP contribution in [0.25, 0.3) is 0 Å². The first-order valence-corrected chi connectivity index (χ1v) is 6.78. The Hall–Kier alpha value is -0.000000000000000132. The van der Waals surface area contributed by atoms with Gasteiger partial charge in [-0.1, -0.05) is 11.6 Å². The summed E-state index contributed by atoms with van der Waals surface area (Å²) in [6.45, 7) is 1.47. The SMILES string of the molecule is Cl.N[C@H](c1cc(Cl)cc(Br)c1O)C1CCOCC1. The largest absolute Gasteiger partial charge is 0.506 e. The first-order valence-electron chi connectivity index (χ1n) is 5.61.